The van der Waals surface area contributed by atoms with Gasteiger partial charge < -0.3 is 14.8 Å². The van der Waals surface area contributed by atoms with Crippen molar-refractivity contribution in [1.29, 1.82) is 0 Å². The number of rotatable bonds is 7. The van der Waals surface area contributed by atoms with E-state index in [2.05, 4.69) is 268 Å². The van der Waals surface area contributed by atoms with Crippen molar-refractivity contribution in [3.05, 3.63) is 265 Å². The molecule has 0 saturated carbocycles. The standard InChI is InChI=1S/C64H43N5S/c1-5-17-42(18-6-1)61-41-56-63(70-61)62(43-29-33-51(34-30-43)67(48-21-7-2-8-22-48)49-23-9-3-10-24-49)66-64(65-56)69-59-36-32-47(39-54(59)55-37-44-19-13-14-20-45(44)40-60(55)69)46-31-35-58-53(38-46)52-27-15-16-28-57(52)68(58)50-25-11-4-12-26-50/h1-41,56H,(H,65,66). The molecule has 0 spiro atoms. The monoisotopic (exact) mass is 913 g/mol. The highest BCUT2D eigenvalue weighted by Crippen LogP contribution is 2.48. The normalized spacial score (nSPS) is 14.6. The maximum atomic E-state index is 5.69. The summed E-state index contributed by atoms with van der Waals surface area (Å²) in [5.41, 5.74) is 14.6. The summed E-state index contributed by atoms with van der Waals surface area (Å²) in [6.07, 6.45) is 2.37. The third kappa shape index (κ3) is 6.67. The van der Waals surface area contributed by atoms with Crippen molar-refractivity contribution in [3.8, 4) is 16.8 Å². The fourth-order valence-corrected chi connectivity index (χ4v) is 11.9. The van der Waals surface area contributed by atoms with Crippen LogP contribution in [0.15, 0.2) is 259 Å². The van der Waals surface area contributed by atoms with Gasteiger partial charge in [0.25, 0.3) is 0 Å². The Labute approximate surface area is 409 Å². The lowest BCUT2D eigenvalue weighted by molar-refractivity contribution is 0.835. The predicted octanol–water partition coefficient (Wildman–Crippen LogP) is 16.5. The molecule has 2 aliphatic heterocycles. The Morgan fingerprint density at radius 3 is 1.60 bits per heavy atom. The van der Waals surface area contributed by atoms with Crippen molar-refractivity contribution in [2.45, 2.75) is 6.04 Å². The Bertz CT molecular complexity index is 4060. The molecule has 2 aliphatic rings. The molecule has 70 heavy (non-hydrogen) atoms. The van der Waals surface area contributed by atoms with Gasteiger partial charge in [-0.15, -0.1) is 0 Å². The number of fused-ring (bicyclic) bond motifs is 8. The first kappa shape index (κ1) is 40.2. The maximum Gasteiger partial charge on any atom is 0.209 e. The molecule has 0 fully saturated rings. The lowest BCUT2D eigenvalue weighted by atomic mass is 10.00. The first-order valence-electron chi connectivity index (χ1n) is 23.8. The minimum absolute atomic E-state index is 0.0792. The SMILES string of the molecule is C1=C(c2ccccc2)SC2=C(c3ccc(N(c4ccccc4)c4ccccc4)cc3)N=C(n3c4ccc(-c5ccc6c(c5)c5ccccc5n6-c5ccccc5)cc4c4cc5ccccc5cc43)NC12. The second kappa shape index (κ2) is 16.4. The number of para-hydroxylation sites is 4. The van der Waals surface area contributed by atoms with Crippen LogP contribution in [0.4, 0.5) is 17.1 Å². The first-order valence-corrected chi connectivity index (χ1v) is 24.6. The minimum Gasteiger partial charge on any atom is -0.344 e. The van der Waals surface area contributed by atoms with Crippen LogP contribution < -0.4 is 10.2 Å². The van der Waals surface area contributed by atoms with Gasteiger partial charge in [-0.05, 0) is 125 Å². The van der Waals surface area contributed by atoms with E-state index in [-0.39, 0.29) is 6.04 Å². The molecule has 1 unspecified atom stereocenters. The van der Waals surface area contributed by atoms with E-state index in [1.807, 2.05) is 11.8 Å². The first-order chi connectivity index (χ1) is 34.7. The van der Waals surface area contributed by atoms with Crippen LogP contribution >= 0.6 is 11.8 Å². The number of hydrogen-bond acceptors (Lipinski definition) is 4. The van der Waals surface area contributed by atoms with E-state index in [4.69, 9.17) is 4.99 Å². The molecular weight excluding hydrogens is 871 g/mol. The number of aliphatic imine (C=N–C) groups is 1. The summed E-state index contributed by atoms with van der Waals surface area (Å²) in [6.45, 7) is 0. The highest BCUT2D eigenvalue weighted by molar-refractivity contribution is 8.12. The molecule has 0 amide bonds. The van der Waals surface area contributed by atoms with Crippen LogP contribution in [0, 0.1) is 0 Å². The van der Waals surface area contributed by atoms with Gasteiger partial charge in [-0.1, -0.05) is 163 Å². The molecule has 10 aromatic carbocycles. The highest BCUT2D eigenvalue weighted by atomic mass is 32.2. The summed E-state index contributed by atoms with van der Waals surface area (Å²) in [5.74, 6) is 0.798. The van der Waals surface area contributed by atoms with Gasteiger partial charge in [0, 0.05) is 59.7 Å². The molecule has 2 aromatic heterocycles. The average Bonchev–Trinajstić information content (AvgIpc) is 4.11. The molecule has 0 aliphatic carbocycles. The summed E-state index contributed by atoms with van der Waals surface area (Å²) in [7, 11) is 0. The second-order valence-corrected chi connectivity index (χ2v) is 19.1. The van der Waals surface area contributed by atoms with Crippen molar-refractivity contribution in [3.63, 3.8) is 0 Å². The van der Waals surface area contributed by atoms with Crippen LogP contribution in [-0.4, -0.2) is 21.1 Å². The van der Waals surface area contributed by atoms with Gasteiger partial charge in [-0.2, -0.15) is 0 Å². The lowest BCUT2D eigenvalue weighted by Gasteiger charge is -2.27. The Morgan fingerprint density at radius 2 is 0.914 bits per heavy atom. The van der Waals surface area contributed by atoms with Crippen LogP contribution in [0.2, 0.25) is 0 Å². The van der Waals surface area contributed by atoms with E-state index in [1.54, 1.807) is 0 Å². The number of hydrogen-bond donors (Lipinski definition) is 1. The van der Waals surface area contributed by atoms with Crippen molar-refractivity contribution in [1.82, 2.24) is 14.5 Å². The summed E-state index contributed by atoms with van der Waals surface area (Å²) in [4.78, 5) is 10.4. The summed E-state index contributed by atoms with van der Waals surface area (Å²) in [6, 6.07) is 87.4. The molecule has 14 rings (SSSR count). The minimum atomic E-state index is -0.0792. The molecule has 0 saturated heterocycles. The van der Waals surface area contributed by atoms with Crippen LogP contribution in [0.5, 0.6) is 0 Å². The zero-order valence-corrected chi connectivity index (χ0v) is 38.8. The summed E-state index contributed by atoms with van der Waals surface area (Å²) in [5, 5.41) is 11.2. The van der Waals surface area contributed by atoms with Crippen LogP contribution in [0.1, 0.15) is 11.1 Å². The number of benzene rings is 10. The zero-order valence-electron chi connectivity index (χ0n) is 37.9. The molecule has 5 nitrogen and oxygen atoms in total. The van der Waals surface area contributed by atoms with Crippen molar-refractivity contribution < 1.29 is 0 Å². The molecule has 12 aromatic rings. The zero-order chi connectivity index (χ0) is 46.1. The van der Waals surface area contributed by atoms with E-state index in [0.717, 1.165) is 51.0 Å². The van der Waals surface area contributed by atoms with E-state index < -0.39 is 0 Å². The van der Waals surface area contributed by atoms with Gasteiger partial charge >= 0.3 is 0 Å². The smallest absolute Gasteiger partial charge is 0.209 e. The lowest BCUT2D eigenvalue weighted by Crippen LogP contribution is -2.40. The van der Waals surface area contributed by atoms with Crippen LogP contribution in [-0.2, 0) is 0 Å². The quantitative estimate of drug-likeness (QED) is 0.173. The third-order valence-corrected chi connectivity index (χ3v) is 15.2. The van der Waals surface area contributed by atoms with Crippen LogP contribution in [0.3, 0.4) is 0 Å². The number of aromatic nitrogens is 2. The van der Waals surface area contributed by atoms with Gasteiger partial charge in [-0.3, -0.25) is 4.57 Å². The number of anilines is 3. The Kier molecular flexibility index (Phi) is 9.45. The average molecular weight is 914 g/mol. The van der Waals surface area contributed by atoms with E-state index >= 15 is 0 Å². The fourth-order valence-electron chi connectivity index (χ4n) is 10.6. The third-order valence-electron chi connectivity index (χ3n) is 13.9. The van der Waals surface area contributed by atoms with Crippen molar-refractivity contribution in [2.75, 3.05) is 4.90 Å². The largest absolute Gasteiger partial charge is 0.344 e. The topological polar surface area (TPSA) is 37.5 Å². The maximum absolute atomic E-state index is 5.69. The van der Waals surface area contributed by atoms with E-state index in [1.165, 1.54) is 69.9 Å². The molecule has 6 heteroatoms. The fraction of sp³-hybridized carbons (Fsp3) is 0.0156. The van der Waals surface area contributed by atoms with Gasteiger partial charge in [-0.25, -0.2) is 4.99 Å². The molecule has 330 valence electrons. The van der Waals surface area contributed by atoms with Crippen molar-refractivity contribution in [2.24, 2.45) is 4.99 Å². The van der Waals surface area contributed by atoms with Gasteiger partial charge in [0.2, 0.25) is 5.96 Å². The van der Waals surface area contributed by atoms with Crippen molar-refractivity contribution >= 4 is 99.8 Å². The summed E-state index contributed by atoms with van der Waals surface area (Å²) < 4.78 is 4.73. The Morgan fingerprint density at radius 1 is 0.400 bits per heavy atom. The number of nitrogens with one attached hydrogen (secondary N) is 1. The van der Waals surface area contributed by atoms with E-state index in [0.29, 0.717) is 0 Å². The predicted molar refractivity (Wildman–Crippen MR) is 297 cm³/mol. The Balaban J connectivity index is 0.932. The summed E-state index contributed by atoms with van der Waals surface area (Å²) >= 11 is 1.81. The molecular formula is C64H43N5S. The van der Waals surface area contributed by atoms with Gasteiger partial charge in [0.1, 0.15) is 0 Å². The van der Waals surface area contributed by atoms with Gasteiger partial charge in [0.15, 0.2) is 0 Å². The molecule has 4 heterocycles. The molecule has 1 N–H and O–H groups in total. The number of nitrogens with zero attached hydrogens (tertiary/aromatic N) is 4. The number of thioether (sulfide) groups is 1. The van der Waals surface area contributed by atoms with Crippen LogP contribution in [0.25, 0.3) is 81.8 Å². The highest BCUT2D eigenvalue weighted by Gasteiger charge is 2.33. The van der Waals surface area contributed by atoms with E-state index in [9.17, 15) is 0 Å². The molecule has 0 bridgehead atoms. The molecule has 1 atom stereocenters. The Hall–Kier alpha value is -8.84. The molecule has 0 radical (unpaired) electrons. The second-order valence-electron chi connectivity index (χ2n) is 18.0. The van der Waals surface area contributed by atoms with Gasteiger partial charge in [0.05, 0.1) is 33.8 Å².